The SMILES string of the molecule is COc1ccc(Cc2c[nH]c(=O)c3cccnc23)cn1. The first kappa shape index (κ1) is 12.3. The molecule has 0 aliphatic heterocycles. The summed E-state index contributed by atoms with van der Waals surface area (Å²) in [5.41, 5.74) is 2.61. The summed E-state index contributed by atoms with van der Waals surface area (Å²) < 4.78 is 5.03. The van der Waals surface area contributed by atoms with E-state index in [0.717, 1.165) is 16.6 Å². The number of hydrogen-bond acceptors (Lipinski definition) is 4. The van der Waals surface area contributed by atoms with Crippen molar-refractivity contribution in [1.29, 1.82) is 0 Å². The maximum absolute atomic E-state index is 11.7. The molecule has 3 rings (SSSR count). The highest BCUT2D eigenvalue weighted by molar-refractivity contribution is 5.80. The van der Waals surface area contributed by atoms with Crippen molar-refractivity contribution in [2.75, 3.05) is 7.11 Å². The van der Waals surface area contributed by atoms with Gasteiger partial charge in [0.2, 0.25) is 5.88 Å². The summed E-state index contributed by atoms with van der Waals surface area (Å²) >= 11 is 0. The third-order valence-electron chi connectivity index (χ3n) is 3.14. The van der Waals surface area contributed by atoms with Crippen molar-refractivity contribution in [2.45, 2.75) is 6.42 Å². The van der Waals surface area contributed by atoms with Crippen molar-refractivity contribution in [3.63, 3.8) is 0 Å². The number of rotatable bonds is 3. The van der Waals surface area contributed by atoms with E-state index in [1.165, 1.54) is 0 Å². The van der Waals surface area contributed by atoms with E-state index in [1.807, 2.05) is 12.1 Å². The topological polar surface area (TPSA) is 67.9 Å². The highest BCUT2D eigenvalue weighted by Crippen LogP contribution is 2.16. The zero-order chi connectivity index (χ0) is 13.9. The van der Waals surface area contributed by atoms with E-state index in [-0.39, 0.29) is 5.56 Å². The van der Waals surface area contributed by atoms with Crippen LogP contribution in [0.4, 0.5) is 0 Å². The molecule has 0 aromatic carbocycles. The standard InChI is InChI=1S/C15H13N3O2/c1-20-13-5-4-10(8-17-13)7-11-9-18-15(19)12-3-2-6-16-14(11)12/h2-6,8-9H,7H2,1H3,(H,18,19). The Balaban J connectivity index is 2.02. The average Bonchev–Trinajstić information content (AvgIpc) is 2.51. The molecule has 0 spiro atoms. The zero-order valence-corrected chi connectivity index (χ0v) is 11.0. The maximum atomic E-state index is 11.7. The summed E-state index contributed by atoms with van der Waals surface area (Å²) in [6.07, 6.45) is 5.82. The fraction of sp³-hybridized carbons (Fsp3) is 0.133. The van der Waals surface area contributed by atoms with Crippen LogP contribution in [-0.4, -0.2) is 22.1 Å². The Labute approximate surface area is 115 Å². The Bertz CT molecular complexity index is 794. The number of nitrogens with one attached hydrogen (secondary N) is 1. The number of hydrogen-bond donors (Lipinski definition) is 1. The second kappa shape index (κ2) is 5.13. The van der Waals surface area contributed by atoms with Crippen molar-refractivity contribution < 1.29 is 4.74 Å². The zero-order valence-electron chi connectivity index (χ0n) is 11.0. The Morgan fingerprint density at radius 3 is 2.90 bits per heavy atom. The molecule has 100 valence electrons. The highest BCUT2D eigenvalue weighted by Gasteiger charge is 2.06. The summed E-state index contributed by atoms with van der Waals surface area (Å²) in [5.74, 6) is 0.582. The average molecular weight is 267 g/mol. The second-order valence-corrected chi connectivity index (χ2v) is 4.43. The monoisotopic (exact) mass is 267 g/mol. The second-order valence-electron chi connectivity index (χ2n) is 4.43. The van der Waals surface area contributed by atoms with Crippen molar-refractivity contribution in [1.82, 2.24) is 15.0 Å². The van der Waals surface area contributed by atoms with Crippen molar-refractivity contribution >= 4 is 10.9 Å². The van der Waals surface area contributed by atoms with Gasteiger partial charge in [-0.3, -0.25) is 9.78 Å². The lowest BCUT2D eigenvalue weighted by atomic mass is 10.1. The van der Waals surface area contributed by atoms with E-state index in [0.29, 0.717) is 17.7 Å². The Morgan fingerprint density at radius 1 is 1.25 bits per heavy atom. The van der Waals surface area contributed by atoms with Gasteiger partial charge in [0.1, 0.15) is 0 Å². The third kappa shape index (κ3) is 2.25. The van der Waals surface area contributed by atoms with E-state index >= 15 is 0 Å². The van der Waals surface area contributed by atoms with Gasteiger partial charge in [-0.15, -0.1) is 0 Å². The molecule has 0 atom stereocenters. The molecule has 0 fully saturated rings. The molecule has 3 aromatic heterocycles. The van der Waals surface area contributed by atoms with Gasteiger partial charge < -0.3 is 9.72 Å². The van der Waals surface area contributed by atoms with E-state index in [4.69, 9.17) is 4.74 Å². The minimum atomic E-state index is -0.121. The van der Waals surface area contributed by atoms with Crippen molar-refractivity contribution in [3.8, 4) is 5.88 Å². The summed E-state index contributed by atoms with van der Waals surface area (Å²) in [4.78, 5) is 23.0. The molecule has 0 saturated carbocycles. The Morgan fingerprint density at radius 2 is 2.15 bits per heavy atom. The fourth-order valence-corrected chi connectivity index (χ4v) is 2.13. The largest absolute Gasteiger partial charge is 0.481 e. The van der Waals surface area contributed by atoms with Gasteiger partial charge in [-0.2, -0.15) is 0 Å². The molecular formula is C15H13N3O2. The molecule has 5 heteroatoms. The Kier molecular flexibility index (Phi) is 3.16. The molecule has 0 amide bonds. The number of pyridine rings is 3. The van der Waals surface area contributed by atoms with Gasteiger partial charge >= 0.3 is 0 Å². The summed E-state index contributed by atoms with van der Waals surface area (Å²) in [6, 6.07) is 7.30. The van der Waals surface area contributed by atoms with Gasteiger partial charge in [0.15, 0.2) is 0 Å². The highest BCUT2D eigenvalue weighted by atomic mass is 16.5. The van der Waals surface area contributed by atoms with Crippen LogP contribution in [0.25, 0.3) is 10.9 Å². The summed E-state index contributed by atoms with van der Waals surface area (Å²) in [5, 5.41) is 0.603. The van der Waals surface area contributed by atoms with Crippen LogP contribution in [0.2, 0.25) is 0 Å². The first-order valence-electron chi connectivity index (χ1n) is 6.22. The van der Waals surface area contributed by atoms with Gasteiger partial charge in [-0.25, -0.2) is 4.98 Å². The number of aromatic nitrogens is 3. The quantitative estimate of drug-likeness (QED) is 0.787. The third-order valence-corrected chi connectivity index (χ3v) is 3.14. The smallest absolute Gasteiger partial charge is 0.257 e. The molecule has 0 radical (unpaired) electrons. The number of ether oxygens (including phenoxy) is 1. The number of methoxy groups -OCH3 is 1. The van der Waals surface area contributed by atoms with Gasteiger partial charge in [-0.1, -0.05) is 6.07 Å². The van der Waals surface area contributed by atoms with Crippen molar-refractivity contribution in [3.05, 3.63) is 64.3 Å². The first-order valence-corrected chi connectivity index (χ1v) is 6.22. The van der Waals surface area contributed by atoms with Crippen LogP contribution in [0.3, 0.4) is 0 Å². The fourth-order valence-electron chi connectivity index (χ4n) is 2.13. The van der Waals surface area contributed by atoms with Crippen LogP contribution in [0.5, 0.6) is 5.88 Å². The summed E-state index contributed by atoms with van der Waals surface area (Å²) in [6.45, 7) is 0. The van der Waals surface area contributed by atoms with Crippen LogP contribution >= 0.6 is 0 Å². The van der Waals surface area contributed by atoms with Crippen LogP contribution in [0, 0.1) is 0 Å². The maximum Gasteiger partial charge on any atom is 0.257 e. The van der Waals surface area contributed by atoms with E-state index in [2.05, 4.69) is 15.0 Å². The van der Waals surface area contributed by atoms with E-state index in [9.17, 15) is 4.79 Å². The van der Waals surface area contributed by atoms with Crippen molar-refractivity contribution in [2.24, 2.45) is 0 Å². The molecule has 0 aliphatic rings. The molecular weight excluding hydrogens is 254 g/mol. The molecule has 0 bridgehead atoms. The number of H-pyrrole nitrogens is 1. The Hall–Kier alpha value is -2.69. The lowest BCUT2D eigenvalue weighted by Gasteiger charge is -2.05. The predicted octanol–water partition coefficient (Wildman–Crippen LogP) is 1.92. The number of fused-ring (bicyclic) bond motifs is 1. The molecule has 1 N–H and O–H groups in total. The molecule has 3 heterocycles. The number of aromatic amines is 1. The number of nitrogens with zero attached hydrogens (tertiary/aromatic N) is 2. The molecule has 3 aromatic rings. The van der Waals surface area contributed by atoms with Gasteiger partial charge in [0.05, 0.1) is 18.0 Å². The first-order chi connectivity index (χ1) is 9.78. The van der Waals surface area contributed by atoms with Crippen LogP contribution < -0.4 is 10.3 Å². The minimum absolute atomic E-state index is 0.121. The van der Waals surface area contributed by atoms with Gasteiger partial charge in [-0.05, 0) is 23.3 Å². The molecule has 0 saturated heterocycles. The van der Waals surface area contributed by atoms with Crippen LogP contribution in [0.1, 0.15) is 11.1 Å². The summed E-state index contributed by atoms with van der Waals surface area (Å²) in [7, 11) is 1.58. The predicted molar refractivity (Wildman–Crippen MR) is 76.0 cm³/mol. The molecule has 20 heavy (non-hydrogen) atoms. The van der Waals surface area contributed by atoms with E-state index < -0.39 is 0 Å². The minimum Gasteiger partial charge on any atom is -0.481 e. The molecule has 5 nitrogen and oxygen atoms in total. The van der Waals surface area contributed by atoms with Gasteiger partial charge in [0.25, 0.3) is 5.56 Å². The van der Waals surface area contributed by atoms with Crippen LogP contribution in [0.15, 0.2) is 47.7 Å². The van der Waals surface area contributed by atoms with E-state index in [1.54, 1.807) is 37.8 Å². The van der Waals surface area contributed by atoms with Gasteiger partial charge in [0, 0.05) is 31.1 Å². The molecule has 0 unspecified atom stereocenters. The normalized spacial score (nSPS) is 10.7. The lowest BCUT2D eigenvalue weighted by molar-refractivity contribution is 0.397. The lowest BCUT2D eigenvalue weighted by Crippen LogP contribution is -2.08. The van der Waals surface area contributed by atoms with Crippen LogP contribution in [-0.2, 0) is 6.42 Å². The molecule has 0 aliphatic carbocycles.